The van der Waals surface area contributed by atoms with Gasteiger partial charge >= 0.3 is 5.97 Å². The summed E-state index contributed by atoms with van der Waals surface area (Å²) in [6.07, 6.45) is 4.59. The second-order valence-corrected chi connectivity index (χ2v) is 8.39. The summed E-state index contributed by atoms with van der Waals surface area (Å²) in [5, 5.41) is 3.13. The van der Waals surface area contributed by atoms with Crippen LogP contribution in [0.15, 0.2) is 35.4 Å². The minimum Gasteiger partial charge on any atom is -0.459 e. The van der Waals surface area contributed by atoms with Gasteiger partial charge in [0.1, 0.15) is 22.9 Å². The van der Waals surface area contributed by atoms with Crippen molar-refractivity contribution in [3.8, 4) is 0 Å². The number of carbonyl (C=O) groups is 2. The van der Waals surface area contributed by atoms with Crippen molar-refractivity contribution in [2.24, 2.45) is 0 Å². The molecule has 0 fully saturated rings. The number of aryl methyl sites for hydroxylation is 2. The van der Waals surface area contributed by atoms with E-state index in [-0.39, 0.29) is 31.2 Å². The van der Waals surface area contributed by atoms with Gasteiger partial charge in [-0.05, 0) is 43.0 Å². The van der Waals surface area contributed by atoms with Gasteiger partial charge in [-0.2, -0.15) is 0 Å². The monoisotopic (exact) mass is 457 g/mol. The fraction of sp³-hybridized carbons (Fsp3) is 0.391. The average molecular weight is 458 g/mol. The summed E-state index contributed by atoms with van der Waals surface area (Å²) in [6, 6.07) is 7.70. The number of methoxy groups -OCH3 is 1. The maximum Gasteiger partial charge on any atom is 0.348 e. The van der Waals surface area contributed by atoms with Crippen molar-refractivity contribution in [3.05, 3.63) is 57.0 Å². The van der Waals surface area contributed by atoms with Gasteiger partial charge in [-0.25, -0.2) is 9.78 Å². The van der Waals surface area contributed by atoms with Gasteiger partial charge in [0.15, 0.2) is 0 Å². The Labute approximate surface area is 190 Å². The van der Waals surface area contributed by atoms with Crippen LogP contribution in [0.5, 0.6) is 0 Å². The Morgan fingerprint density at radius 2 is 1.94 bits per heavy atom. The Morgan fingerprint density at radius 1 is 1.19 bits per heavy atom. The second-order valence-electron chi connectivity index (χ2n) is 7.39. The van der Waals surface area contributed by atoms with Crippen molar-refractivity contribution in [1.29, 1.82) is 0 Å². The number of aromatic nitrogens is 2. The molecule has 2 heterocycles. The van der Waals surface area contributed by atoms with E-state index in [9.17, 15) is 14.4 Å². The summed E-state index contributed by atoms with van der Waals surface area (Å²) in [6.45, 7) is 4.06. The van der Waals surface area contributed by atoms with Crippen LogP contribution in [0.25, 0.3) is 10.2 Å². The molecule has 3 aromatic rings. The van der Waals surface area contributed by atoms with E-state index in [1.165, 1.54) is 23.6 Å². The maximum atomic E-state index is 13.0. The first-order chi connectivity index (χ1) is 15.4. The number of anilines is 1. The molecule has 9 heteroatoms. The minimum atomic E-state index is -0.520. The molecule has 0 saturated heterocycles. The molecule has 32 heavy (non-hydrogen) atoms. The molecule has 0 aliphatic heterocycles. The summed E-state index contributed by atoms with van der Waals surface area (Å²) in [5.74, 6) is -0.852. The molecule has 0 saturated carbocycles. The first-order valence-electron chi connectivity index (χ1n) is 10.5. The third-order valence-electron chi connectivity index (χ3n) is 4.99. The topological polar surface area (TPSA) is 99.5 Å². The van der Waals surface area contributed by atoms with Gasteiger partial charge in [0.05, 0.1) is 18.3 Å². The highest BCUT2D eigenvalue weighted by atomic mass is 32.1. The number of hydrogen-bond acceptors (Lipinski definition) is 7. The third-order valence-corrected chi connectivity index (χ3v) is 6.17. The summed E-state index contributed by atoms with van der Waals surface area (Å²) in [7, 11) is 1.52. The maximum absolute atomic E-state index is 13.0. The van der Waals surface area contributed by atoms with Gasteiger partial charge in [0.2, 0.25) is 5.91 Å². The molecule has 0 unspecified atom stereocenters. The number of hydrogen-bond donors (Lipinski definition) is 1. The van der Waals surface area contributed by atoms with Crippen LogP contribution in [0, 0.1) is 6.92 Å². The number of nitrogens with one attached hydrogen (secondary N) is 1. The van der Waals surface area contributed by atoms with Crippen LogP contribution in [0.1, 0.15) is 40.6 Å². The standard InChI is InChI=1S/C23H27N3O5S/c1-4-5-6-16-7-9-17(10-8-16)25-18(27)13-26-14-24-21-19(22(26)28)15(2)20(32-21)23(29)31-12-11-30-3/h7-10,14H,4-6,11-13H2,1-3H3,(H,25,27). The molecule has 0 bridgehead atoms. The molecule has 0 spiro atoms. The Balaban J connectivity index is 1.72. The molecule has 170 valence electrons. The molecule has 0 aliphatic carbocycles. The van der Waals surface area contributed by atoms with Crippen LogP contribution >= 0.6 is 11.3 Å². The molecule has 2 aromatic heterocycles. The molecular weight excluding hydrogens is 430 g/mol. The van der Waals surface area contributed by atoms with E-state index in [1.54, 1.807) is 6.92 Å². The van der Waals surface area contributed by atoms with Gasteiger partial charge in [-0.15, -0.1) is 11.3 Å². The lowest BCUT2D eigenvalue weighted by Gasteiger charge is -2.08. The summed E-state index contributed by atoms with van der Waals surface area (Å²) >= 11 is 1.10. The van der Waals surface area contributed by atoms with E-state index >= 15 is 0 Å². The van der Waals surface area contributed by atoms with Gasteiger partial charge in [0, 0.05) is 12.8 Å². The van der Waals surface area contributed by atoms with Crippen molar-refractivity contribution in [3.63, 3.8) is 0 Å². The minimum absolute atomic E-state index is 0.125. The van der Waals surface area contributed by atoms with Crippen LogP contribution in [0.4, 0.5) is 5.69 Å². The van der Waals surface area contributed by atoms with Crippen LogP contribution in [-0.2, 0) is 27.2 Å². The largest absolute Gasteiger partial charge is 0.459 e. The van der Waals surface area contributed by atoms with E-state index in [1.807, 2.05) is 24.3 Å². The number of esters is 1. The number of nitrogens with zero attached hydrogens (tertiary/aromatic N) is 2. The summed E-state index contributed by atoms with van der Waals surface area (Å²) in [4.78, 5) is 42.8. The van der Waals surface area contributed by atoms with Crippen LogP contribution < -0.4 is 10.9 Å². The zero-order chi connectivity index (χ0) is 23.1. The molecule has 0 atom stereocenters. The van der Waals surface area contributed by atoms with Crippen LogP contribution in [-0.4, -0.2) is 41.8 Å². The number of rotatable bonds is 10. The Kier molecular flexibility index (Phi) is 8.13. The predicted octanol–water partition coefficient (Wildman–Crippen LogP) is 3.55. The van der Waals surface area contributed by atoms with Crippen molar-refractivity contribution in [1.82, 2.24) is 9.55 Å². The van der Waals surface area contributed by atoms with Crippen molar-refractivity contribution < 1.29 is 19.1 Å². The highest BCUT2D eigenvalue weighted by Gasteiger charge is 2.21. The lowest BCUT2D eigenvalue weighted by Crippen LogP contribution is -2.27. The molecule has 1 aromatic carbocycles. The Morgan fingerprint density at radius 3 is 2.62 bits per heavy atom. The lowest BCUT2D eigenvalue weighted by molar-refractivity contribution is -0.116. The first-order valence-corrected chi connectivity index (χ1v) is 11.3. The first kappa shape index (κ1) is 23.6. The van der Waals surface area contributed by atoms with E-state index < -0.39 is 5.97 Å². The summed E-state index contributed by atoms with van der Waals surface area (Å²) < 4.78 is 11.3. The third kappa shape index (κ3) is 5.60. The van der Waals surface area contributed by atoms with Crippen molar-refractivity contribution in [2.75, 3.05) is 25.6 Å². The highest BCUT2D eigenvalue weighted by molar-refractivity contribution is 7.20. The van der Waals surface area contributed by atoms with Crippen LogP contribution in [0.3, 0.4) is 0 Å². The van der Waals surface area contributed by atoms with Gasteiger partial charge in [-0.3, -0.25) is 14.2 Å². The zero-order valence-electron chi connectivity index (χ0n) is 18.5. The Bertz CT molecular complexity index is 1150. The van der Waals surface area contributed by atoms with Gasteiger partial charge < -0.3 is 14.8 Å². The van der Waals surface area contributed by atoms with Crippen molar-refractivity contribution >= 4 is 39.1 Å². The van der Waals surface area contributed by atoms with Gasteiger partial charge in [0.25, 0.3) is 5.56 Å². The predicted molar refractivity (Wildman–Crippen MR) is 124 cm³/mol. The molecule has 0 radical (unpaired) electrons. The van der Waals surface area contributed by atoms with E-state index in [2.05, 4.69) is 17.2 Å². The molecule has 3 rings (SSSR count). The number of thiophene rings is 1. The molecule has 1 amide bonds. The summed E-state index contributed by atoms with van der Waals surface area (Å²) in [5.41, 5.74) is 2.03. The fourth-order valence-corrected chi connectivity index (χ4v) is 4.27. The normalized spacial score (nSPS) is 11.0. The fourth-order valence-electron chi connectivity index (χ4n) is 3.24. The van der Waals surface area contributed by atoms with Crippen LogP contribution in [0.2, 0.25) is 0 Å². The lowest BCUT2D eigenvalue weighted by atomic mass is 10.1. The average Bonchev–Trinajstić information content (AvgIpc) is 3.12. The highest BCUT2D eigenvalue weighted by Crippen LogP contribution is 2.27. The number of ether oxygens (including phenoxy) is 2. The smallest absolute Gasteiger partial charge is 0.348 e. The van der Waals surface area contributed by atoms with E-state index in [0.717, 1.165) is 30.6 Å². The molecular formula is C23H27N3O5S. The number of carbonyl (C=O) groups excluding carboxylic acids is 2. The molecule has 8 nitrogen and oxygen atoms in total. The number of fused-ring (bicyclic) bond motifs is 1. The number of unbranched alkanes of at least 4 members (excludes halogenated alkanes) is 1. The van der Waals surface area contributed by atoms with Crippen molar-refractivity contribution in [2.45, 2.75) is 39.7 Å². The molecule has 0 aliphatic rings. The SMILES string of the molecule is CCCCc1ccc(NC(=O)Cn2cnc3sc(C(=O)OCCOC)c(C)c3c2=O)cc1. The zero-order valence-corrected chi connectivity index (χ0v) is 19.3. The number of amides is 1. The number of benzene rings is 1. The van der Waals surface area contributed by atoms with Gasteiger partial charge in [-0.1, -0.05) is 25.5 Å². The second kappa shape index (κ2) is 11.0. The van der Waals surface area contributed by atoms with E-state index in [0.29, 0.717) is 26.3 Å². The Hall–Kier alpha value is -3.04. The van der Waals surface area contributed by atoms with E-state index in [4.69, 9.17) is 9.47 Å². The molecule has 1 N–H and O–H groups in total. The quantitative estimate of drug-likeness (QED) is 0.369.